The molecule has 0 spiro atoms. The largest absolute Gasteiger partial charge is 0.373 e. The van der Waals surface area contributed by atoms with E-state index < -0.39 is 0 Å². The third-order valence-corrected chi connectivity index (χ3v) is 5.15. The predicted octanol–water partition coefficient (Wildman–Crippen LogP) is 5.14. The first-order chi connectivity index (χ1) is 14.3. The third kappa shape index (κ3) is 3.92. The average Bonchev–Trinajstić information content (AvgIpc) is 3.21. The van der Waals surface area contributed by atoms with E-state index in [0.717, 1.165) is 22.2 Å². The van der Waals surface area contributed by atoms with Crippen LogP contribution in [0.3, 0.4) is 0 Å². The van der Waals surface area contributed by atoms with E-state index in [1.165, 1.54) is 0 Å². The lowest BCUT2D eigenvalue weighted by Crippen LogP contribution is -2.27. The van der Waals surface area contributed by atoms with Crippen molar-refractivity contribution in [2.24, 2.45) is 0 Å². The van der Waals surface area contributed by atoms with Gasteiger partial charge in [-0.05, 0) is 30.2 Å². The molecule has 0 saturated heterocycles. The van der Waals surface area contributed by atoms with Crippen molar-refractivity contribution in [2.75, 3.05) is 13.7 Å². The lowest BCUT2D eigenvalue weighted by Gasteiger charge is -2.33. The zero-order valence-electron chi connectivity index (χ0n) is 16.7. The minimum absolute atomic E-state index is 0.117. The number of hydrogen-bond acceptors (Lipinski definition) is 4. The van der Waals surface area contributed by atoms with E-state index in [2.05, 4.69) is 34.6 Å². The van der Waals surface area contributed by atoms with Crippen molar-refractivity contribution in [1.82, 2.24) is 15.0 Å². The maximum Gasteiger partial charge on any atom is 0.161 e. The number of methoxy groups -OCH3 is 1. The second kappa shape index (κ2) is 8.99. The van der Waals surface area contributed by atoms with Crippen LogP contribution in [0, 0.1) is 0 Å². The van der Waals surface area contributed by atoms with Gasteiger partial charge < -0.3 is 9.47 Å². The van der Waals surface area contributed by atoms with Gasteiger partial charge in [-0.15, -0.1) is 5.10 Å². The Balaban J connectivity index is 1.87. The van der Waals surface area contributed by atoms with Crippen LogP contribution in [0.5, 0.6) is 0 Å². The molecule has 5 heteroatoms. The van der Waals surface area contributed by atoms with Crippen molar-refractivity contribution in [3.8, 4) is 0 Å². The number of nitrogens with zero attached hydrogens (tertiary/aromatic N) is 3. The second-order valence-corrected chi connectivity index (χ2v) is 6.87. The number of aromatic nitrogens is 3. The van der Waals surface area contributed by atoms with E-state index in [1.807, 2.05) is 72.3 Å². The summed E-state index contributed by atoms with van der Waals surface area (Å²) in [7, 11) is 1.71. The molecular weight excluding hydrogens is 362 g/mol. The number of benzene rings is 3. The Bertz CT molecular complexity index is 1030. The average molecular weight is 387 g/mol. The van der Waals surface area contributed by atoms with Crippen LogP contribution in [-0.4, -0.2) is 28.7 Å². The van der Waals surface area contributed by atoms with Gasteiger partial charge in [-0.3, -0.25) is 0 Å². The van der Waals surface area contributed by atoms with Crippen LogP contribution in [0.25, 0.3) is 11.0 Å². The summed E-state index contributed by atoms with van der Waals surface area (Å²) in [4.78, 5) is 0. The topological polar surface area (TPSA) is 49.2 Å². The van der Waals surface area contributed by atoms with Crippen molar-refractivity contribution in [2.45, 2.75) is 25.2 Å². The number of hydrogen-bond donors (Lipinski definition) is 0. The van der Waals surface area contributed by atoms with Gasteiger partial charge in [-0.1, -0.05) is 78.0 Å². The zero-order chi connectivity index (χ0) is 20.1. The van der Waals surface area contributed by atoms with Gasteiger partial charge in [0, 0.05) is 13.7 Å². The molecule has 1 aromatic heterocycles. The number of fused-ring (bicyclic) bond motifs is 1. The summed E-state index contributed by atoms with van der Waals surface area (Å²) in [6, 6.07) is 28.6. The molecule has 0 aliphatic heterocycles. The fourth-order valence-corrected chi connectivity index (χ4v) is 3.87. The summed E-state index contributed by atoms with van der Waals surface area (Å²) < 4.78 is 14.2. The number of rotatable bonds is 8. The normalized spacial score (nSPS) is 14.6. The number of ether oxygens (including phenoxy) is 2. The van der Waals surface area contributed by atoms with Gasteiger partial charge in [-0.2, -0.15) is 0 Å². The van der Waals surface area contributed by atoms with Gasteiger partial charge in [-0.25, -0.2) is 4.68 Å². The molecule has 1 heterocycles. The Morgan fingerprint density at radius 3 is 2.10 bits per heavy atom. The highest BCUT2D eigenvalue weighted by Gasteiger charge is 2.35. The van der Waals surface area contributed by atoms with E-state index in [9.17, 15) is 0 Å². The fraction of sp³-hybridized carbons (Fsp3) is 0.250. The van der Waals surface area contributed by atoms with Crippen LogP contribution in [-0.2, 0) is 9.47 Å². The zero-order valence-corrected chi connectivity index (χ0v) is 16.7. The van der Waals surface area contributed by atoms with E-state index in [0.29, 0.717) is 6.61 Å². The summed E-state index contributed by atoms with van der Waals surface area (Å²) in [6.07, 6.45) is -0.585. The van der Waals surface area contributed by atoms with Crippen molar-refractivity contribution >= 4 is 11.0 Å². The van der Waals surface area contributed by atoms with Crippen molar-refractivity contribution < 1.29 is 9.47 Å². The minimum atomic E-state index is -0.387. The quantitative estimate of drug-likeness (QED) is 0.420. The van der Waals surface area contributed by atoms with Crippen molar-refractivity contribution in [3.63, 3.8) is 0 Å². The van der Waals surface area contributed by atoms with E-state index in [4.69, 9.17) is 9.47 Å². The first kappa shape index (κ1) is 19.3. The van der Waals surface area contributed by atoms with Crippen LogP contribution in [0.1, 0.15) is 36.3 Å². The molecule has 0 unspecified atom stereocenters. The van der Waals surface area contributed by atoms with Gasteiger partial charge >= 0.3 is 0 Å². The van der Waals surface area contributed by atoms with Gasteiger partial charge in [0.1, 0.15) is 5.52 Å². The van der Waals surface area contributed by atoms with E-state index in [-0.39, 0.29) is 18.2 Å². The molecule has 148 valence electrons. The van der Waals surface area contributed by atoms with Crippen LogP contribution < -0.4 is 0 Å². The van der Waals surface area contributed by atoms with Crippen LogP contribution in [0.15, 0.2) is 84.9 Å². The molecule has 5 nitrogen and oxygen atoms in total. The molecule has 0 fully saturated rings. The lowest BCUT2D eigenvalue weighted by atomic mass is 9.87. The molecule has 3 aromatic carbocycles. The summed E-state index contributed by atoms with van der Waals surface area (Å²) >= 11 is 0. The molecule has 0 N–H and O–H groups in total. The van der Waals surface area contributed by atoms with Gasteiger partial charge in [0.15, 0.2) is 6.23 Å². The Hall–Kier alpha value is -3.02. The second-order valence-electron chi connectivity index (χ2n) is 6.87. The molecule has 29 heavy (non-hydrogen) atoms. The third-order valence-electron chi connectivity index (χ3n) is 5.15. The maximum absolute atomic E-state index is 6.30. The molecule has 4 aromatic rings. The molecule has 0 bridgehead atoms. The molecule has 3 atom stereocenters. The van der Waals surface area contributed by atoms with E-state index in [1.54, 1.807) is 7.11 Å². The standard InChI is InChI=1S/C24H25N3O2/c1-3-29-23(19-14-8-5-9-15-19)22(18-12-6-4-7-13-18)24(28-2)27-21-17-11-10-16-20(21)25-26-27/h4-17,22-24H,3H2,1-2H3/t22-,23+,24-/m1/s1. The molecule has 0 aliphatic carbocycles. The fourth-order valence-electron chi connectivity index (χ4n) is 3.87. The Morgan fingerprint density at radius 1 is 0.828 bits per heavy atom. The number of para-hydroxylation sites is 1. The first-order valence-corrected chi connectivity index (χ1v) is 9.87. The van der Waals surface area contributed by atoms with Crippen LogP contribution >= 0.6 is 0 Å². The molecule has 0 radical (unpaired) electrons. The van der Waals surface area contributed by atoms with Gasteiger partial charge in [0.2, 0.25) is 0 Å². The Morgan fingerprint density at radius 2 is 1.45 bits per heavy atom. The summed E-state index contributed by atoms with van der Waals surface area (Å²) in [5, 5.41) is 8.77. The highest BCUT2D eigenvalue weighted by molar-refractivity contribution is 5.74. The van der Waals surface area contributed by atoms with E-state index >= 15 is 0 Å². The lowest BCUT2D eigenvalue weighted by molar-refractivity contribution is -0.0543. The Kier molecular flexibility index (Phi) is 5.98. The summed E-state index contributed by atoms with van der Waals surface area (Å²) in [6.45, 7) is 2.61. The molecule has 0 saturated carbocycles. The highest BCUT2D eigenvalue weighted by atomic mass is 16.5. The molecule has 4 rings (SSSR count). The monoisotopic (exact) mass is 387 g/mol. The molecule has 0 amide bonds. The van der Waals surface area contributed by atoms with Crippen LogP contribution in [0.4, 0.5) is 0 Å². The summed E-state index contributed by atoms with van der Waals surface area (Å²) in [5.74, 6) is -0.117. The SMILES string of the molecule is CCO[C@@H](c1ccccc1)[C@@H](c1ccccc1)[C@@H](OC)n1nnc2ccccc21. The molecule has 0 aliphatic rings. The Labute approximate surface area is 170 Å². The van der Waals surface area contributed by atoms with Gasteiger partial charge in [0.05, 0.1) is 17.5 Å². The summed E-state index contributed by atoms with van der Waals surface area (Å²) in [5.41, 5.74) is 4.01. The molecular formula is C24H25N3O2. The highest BCUT2D eigenvalue weighted by Crippen LogP contribution is 2.42. The minimum Gasteiger partial charge on any atom is -0.373 e. The van der Waals surface area contributed by atoms with Gasteiger partial charge in [0.25, 0.3) is 0 Å². The predicted molar refractivity (Wildman–Crippen MR) is 114 cm³/mol. The smallest absolute Gasteiger partial charge is 0.161 e. The van der Waals surface area contributed by atoms with Crippen molar-refractivity contribution in [3.05, 3.63) is 96.1 Å². The van der Waals surface area contributed by atoms with Crippen molar-refractivity contribution in [1.29, 1.82) is 0 Å². The first-order valence-electron chi connectivity index (χ1n) is 9.87. The maximum atomic E-state index is 6.30. The van der Waals surface area contributed by atoms with Crippen LogP contribution in [0.2, 0.25) is 0 Å².